The maximum absolute atomic E-state index is 12.0. The molecule has 1 heterocycles. The summed E-state index contributed by atoms with van der Waals surface area (Å²) in [5.41, 5.74) is -0.686. The molecule has 8 heteroatoms. The summed E-state index contributed by atoms with van der Waals surface area (Å²) in [6.07, 6.45) is 0.844. The summed E-state index contributed by atoms with van der Waals surface area (Å²) in [6.45, 7) is 0. The van der Waals surface area contributed by atoms with Gasteiger partial charge in [0.2, 0.25) is 0 Å². The zero-order valence-corrected chi connectivity index (χ0v) is 11.2. The van der Waals surface area contributed by atoms with Gasteiger partial charge in [-0.1, -0.05) is 0 Å². The summed E-state index contributed by atoms with van der Waals surface area (Å²) >= 11 is 1.72. The molecule has 1 aromatic rings. The third-order valence-corrected chi connectivity index (χ3v) is 4.07. The fraction of sp³-hybridized carbons (Fsp3) is 0.333. The van der Waals surface area contributed by atoms with Crippen molar-refractivity contribution in [3.8, 4) is 0 Å². The number of rotatable bonds is 4. The molecular formula is C12H12N2O5S. The number of carboxylic acids is 1. The Labute approximate surface area is 118 Å². The van der Waals surface area contributed by atoms with Gasteiger partial charge in [0.25, 0.3) is 11.6 Å². The third kappa shape index (κ3) is 3.27. The minimum atomic E-state index is -1.31. The minimum absolute atomic E-state index is 0.00602. The Kier molecular flexibility index (Phi) is 4.23. The highest BCUT2D eigenvalue weighted by atomic mass is 32.2. The number of carbonyl (C=O) groups excluding carboxylic acids is 1. The van der Waals surface area contributed by atoms with E-state index in [-0.39, 0.29) is 17.2 Å². The number of nitro groups is 1. The number of nitrogens with zero attached hydrogens (tertiary/aromatic N) is 1. The summed E-state index contributed by atoms with van der Waals surface area (Å²) in [7, 11) is 0. The van der Waals surface area contributed by atoms with Crippen molar-refractivity contribution in [2.24, 2.45) is 0 Å². The Morgan fingerprint density at radius 1 is 1.35 bits per heavy atom. The number of carboxylic acid groups (broad SMARTS) is 1. The van der Waals surface area contributed by atoms with Gasteiger partial charge in [-0.2, -0.15) is 11.8 Å². The van der Waals surface area contributed by atoms with E-state index < -0.39 is 22.5 Å². The van der Waals surface area contributed by atoms with E-state index in [1.54, 1.807) is 11.8 Å². The zero-order chi connectivity index (χ0) is 14.7. The molecule has 1 atom stereocenters. The van der Waals surface area contributed by atoms with Gasteiger partial charge in [-0.3, -0.25) is 14.9 Å². The number of carbonyl (C=O) groups is 2. The summed E-state index contributed by atoms with van der Waals surface area (Å²) in [4.78, 5) is 33.0. The molecule has 0 radical (unpaired) electrons. The summed E-state index contributed by atoms with van der Waals surface area (Å²) in [5.74, 6) is -0.0323. The van der Waals surface area contributed by atoms with Gasteiger partial charge in [-0.25, -0.2) is 4.79 Å². The summed E-state index contributed by atoms with van der Waals surface area (Å²) in [5, 5.41) is 22.4. The largest absolute Gasteiger partial charge is 0.478 e. The molecule has 20 heavy (non-hydrogen) atoms. The zero-order valence-electron chi connectivity index (χ0n) is 10.4. The first-order valence-electron chi connectivity index (χ1n) is 5.89. The number of non-ortho nitro benzene ring substituents is 1. The molecule has 2 rings (SSSR count). The van der Waals surface area contributed by atoms with Gasteiger partial charge in [0.15, 0.2) is 0 Å². The lowest BCUT2D eigenvalue weighted by Crippen LogP contribution is -2.34. The quantitative estimate of drug-likeness (QED) is 0.644. The Balaban J connectivity index is 2.26. The van der Waals surface area contributed by atoms with Gasteiger partial charge in [-0.15, -0.1) is 0 Å². The van der Waals surface area contributed by atoms with Gasteiger partial charge in [-0.05, 0) is 18.2 Å². The second kappa shape index (κ2) is 5.91. The molecule has 1 amide bonds. The predicted octanol–water partition coefficient (Wildman–Crippen LogP) is 1.53. The summed E-state index contributed by atoms with van der Waals surface area (Å²) in [6, 6.07) is 3.20. The highest BCUT2D eigenvalue weighted by Crippen LogP contribution is 2.20. The molecule has 0 spiro atoms. The van der Waals surface area contributed by atoms with Crippen LogP contribution in [0.1, 0.15) is 27.1 Å². The fourth-order valence-corrected chi connectivity index (χ4v) is 3.04. The Bertz CT molecular complexity index is 537. The number of hydrogen-bond acceptors (Lipinski definition) is 5. The highest BCUT2D eigenvalue weighted by Gasteiger charge is 2.21. The second-order valence-corrected chi connectivity index (χ2v) is 5.51. The van der Waals surface area contributed by atoms with E-state index in [0.717, 1.165) is 36.1 Å². The lowest BCUT2D eigenvalue weighted by atomic mass is 10.1. The predicted molar refractivity (Wildman–Crippen MR) is 73.3 cm³/mol. The lowest BCUT2D eigenvalue weighted by Gasteiger charge is -2.11. The van der Waals surface area contributed by atoms with Crippen LogP contribution in [0.4, 0.5) is 5.69 Å². The molecule has 1 aromatic carbocycles. The SMILES string of the molecule is O=C(O)c1cc(C(=O)NC2CCSC2)cc([N+](=O)[O-])c1. The van der Waals surface area contributed by atoms with Crippen molar-refractivity contribution in [3.05, 3.63) is 39.4 Å². The van der Waals surface area contributed by atoms with Crippen LogP contribution in [-0.2, 0) is 0 Å². The molecule has 2 N–H and O–H groups in total. The van der Waals surface area contributed by atoms with Gasteiger partial charge in [0.1, 0.15) is 0 Å². The molecule has 1 fully saturated rings. The molecule has 1 aliphatic rings. The molecule has 0 saturated carbocycles. The number of thioether (sulfide) groups is 1. The van der Waals surface area contributed by atoms with Crippen molar-refractivity contribution in [1.82, 2.24) is 5.32 Å². The first-order chi connectivity index (χ1) is 9.47. The number of nitrogens with one attached hydrogen (secondary N) is 1. The minimum Gasteiger partial charge on any atom is -0.478 e. The average Bonchev–Trinajstić information content (AvgIpc) is 2.90. The molecule has 0 aliphatic carbocycles. The van der Waals surface area contributed by atoms with Crippen LogP contribution in [0.3, 0.4) is 0 Å². The van der Waals surface area contributed by atoms with Gasteiger partial charge >= 0.3 is 5.97 Å². The second-order valence-electron chi connectivity index (χ2n) is 4.36. The number of benzene rings is 1. The van der Waals surface area contributed by atoms with Crippen LogP contribution in [-0.4, -0.2) is 39.5 Å². The van der Waals surface area contributed by atoms with Crippen LogP contribution in [0.5, 0.6) is 0 Å². The van der Waals surface area contributed by atoms with Crippen molar-refractivity contribution in [2.75, 3.05) is 11.5 Å². The highest BCUT2D eigenvalue weighted by molar-refractivity contribution is 7.99. The van der Waals surface area contributed by atoms with Gasteiger partial charge < -0.3 is 10.4 Å². The van der Waals surface area contributed by atoms with Crippen LogP contribution in [0, 0.1) is 10.1 Å². The van der Waals surface area contributed by atoms with E-state index in [4.69, 9.17) is 5.11 Å². The monoisotopic (exact) mass is 296 g/mol. The number of amides is 1. The van der Waals surface area contributed by atoms with Crippen molar-refractivity contribution >= 4 is 29.3 Å². The number of aromatic carboxylic acids is 1. The van der Waals surface area contributed by atoms with Crippen molar-refractivity contribution < 1.29 is 19.6 Å². The Morgan fingerprint density at radius 2 is 2.05 bits per heavy atom. The van der Waals surface area contributed by atoms with Crippen molar-refractivity contribution in [2.45, 2.75) is 12.5 Å². The van der Waals surface area contributed by atoms with Crippen LogP contribution >= 0.6 is 11.8 Å². The lowest BCUT2D eigenvalue weighted by molar-refractivity contribution is -0.384. The maximum atomic E-state index is 12.0. The molecule has 1 aliphatic heterocycles. The van der Waals surface area contributed by atoms with Crippen molar-refractivity contribution in [3.63, 3.8) is 0 Å². The van der Waals surface area contributed by atoms with Crippen LogP contribution < -0.4 is 5.32 Å². The van der Waals surface area contributed by atoms with E-state index >= 15 is 0 Å². The Morgan fingerprint density at radius 3 is 2.60 bits per heavy atom. The first-order valence-corrected chi connectivity index (χ1v) is 7.04. The standard InChI is InChI=1S/C12H12N2O5S/c15-11(13-9-1-2-20-6-9)7-3-8(12(16)17)5-10(4-7)14(18)19/h3-5,9H,1-2,6H2,(H,13,15)(H,16,17). The molecule has 1 unspecified atom stereocenters. The third-order valence-electron chi connectivity index (χ3n) is 2.90. The first kappa shape index (κ1) is 14.3. The smallest absolute Gasteiger partial charge is 0.335 e. The van der Waals surface area contributed by atoms with Crippen molar-refractivity contribution in [1.29, 1.82) is 0 Å². The average molecular weight is 296 g/mol. The number of nitro benzene ring substituents is 1. The number of hydrogen-bond donors (Lipinski definition) is 2. The normalized spacial score (nSPS) is 17.7. The van der Waals surface area contributed by atoms with E-state index in [1.165, 1.54) is 0 Å². The fourth-order valence-electron chi connectivity index (χ4n) is 1.89. The molecule has 7 nitrogen and oxygen atoms in total. The maximum Gasteiger partial charge on any atom is 0.335 e. The van der Waals surface area contributed by atoms with Crippen LogP contribution in [0.15, 0.2) is 18.2 Å². The Hall–Kier alpha value is -2.09. The van der Waals surface area contributed by atoms with Crippen LogP contribution in [0.2, 0.25) is 0 Å². The van der Waals surface area contributed by atoms with Crippen LogP contribution in [0.25, 0.3) is 0 Å². The van der Waals surface area contributed by atoms with E-state index in [0.29, 0.717) is 0 Å². The molecule has 0 aromatic heterocycles. The summed E-state index contributed by atoms with van der Waals surface area (Å²) < 4.78 is 0. The molecular weight excluding hydrogens is 284 g/mol. The topological polar surface area (TPSA) is 110 Å². The van der Waals surface area contributed by atoms with Gasteiger partial charge in [0.05, 0.1) is 10.5 Å². The molecule has 0 bridgehead atoms. The van der Waals surface area contributed by atoms with Gasteiger partial charge in [0, 0.05) is 29.5 Å². The molecule has 1 saturated heterocycles. The van der Waals surface area contributed by atoms with E-state index in [2.05, 4.69) is 5.32 Å². The van der Waals surface area contributed by atoms with E-state index in [1.807, 2.05) is 0 Å². The van der Waals surface area contributed by atoms with E-state index in [9.17, 15) is 19.7 Å². The molecule has 106 valence electrons.